The van der Waals surface area contributed by atoms with Gasteiger partial charge in [-0.1, -0.05) is 0 Å². The van der Waals surface area contributed by atoms with Gasteiger partial charge in [-0.05, 0) is 12.1 Å². The summed E-state index contributed by atoms with van der Waals surface area (Å²) in [5.74, 6) is 0.864. The van der Waals surface area contributed by atoms with Crippen molar-refractivity contribution in [1.29, 1.82) is 0 Å². The molecule has 0 bridgehead atoms. The highest BCUT2D eigenvalue weighted by molar-refractivity contribution is 5.80. The van der Waals surface area contributed by atoms with Crippen molar-refractivity contribution in [2.75, 3.05) is 13.7 Å². The van der Waals surface area contributed by atoms with E-state index in [0.29, 0.717) is 19.4 Å². The predicted octanol–water partition coefficient (Wildman–Crippen LogP) is 1.43. The zero-order valence-corrected chi connectivity index (χ0v) is 7.08. The molecule has 0 N–H and O–H groups in total. The first-order chi connectivity index (χ1) is 5.83. The van der Waals surface area contributed by atoms with E-state index in [1.54, 1.807) is 25.5 Å². The second-order valence-electron chi connectivity index (χ2n) is 2.54. The molecule has 1 heterocycles. The van der Waals surface area contributed by atoms with Crippen LogP contribution in [0.1, 0.15) is 12.2 Å². The second-order valence-corrected chi connectivity index (χ2v) is 2.54. The highest BCUT2D eigenvalue weighted by Gasteiger charge is 2.04. The Labute approximate surface area is 71.3 Å². The number of rotatable bonds is 5. The summed E-state index contributed by atoms with van der Waals surface area (Å²) in [6.07, 6.45) is 2.40. The van der Waals surface area contributed by atoms with E-state index in [4.69, 9.17) is 9.15 Å². The standard InChI is InChI=1S/C9H12O3/c1-11-6-4-8(10)7-9-3-2-5-12-9/h2-3,5H,4,6-7H2,1H3. The van der Waals surface area contributed by atoms with E-state index in [-0.39, 0.29) is 5.78 Å². The number of ether oxygens (including phenoxy) is 1. The first kappa shape index (κ1) is 9.00. The molecule has 0 radical (unpaired) electrons. The first-order valence-corrected chi connectivity index (χ1v) is 3.86. The number of furan rings is 1. The topological polar surface area (TPSA) is 39.4 Å². The van der Waals surface area contributed by atoms with Gasteiger partial charge < -0.3 is 9.15 Å². The van der Waals surface area contributed by atoms with Gasteiger partial charge in [0, 0.05) is 13.5 Å². The highest BCUT2D eigenvalue weighted by atomic mass is 16.5. The van der Waals surface area contributed by atoms with Crippen molar-refractivity contribution in [2.45, 2.75) is 12.8 Å². The SMILES string of the molecule is COCCC(=O)Cc1ccco1. The van der Waals surface area contributed by atoms with Gasteiger partial charge in [0.1, 0.15) is 11.5 Å². The summed E-state index contributed by atoms with van der Waals surface area (Å²) < 4.78 is 9.80. The van der Waals surface area contributed by atoms with Crippen molar-refractivity contribution in [3.63, 3.8) is 0 Å². The van der Waals surface area contributed by atoms with Gasteiger partial charge in [-0.3, -0.25) is 4.79 Å². The summed E-state index contributed by atoms with van der Waals surface area (Å²) in [5.41, 5.74) is 0. The summed E-state index contributed by atoms with van der Waals surface area (Å²) in [6.45, 7) is 0.486. The lowest BCUT2D eigenvalue weighted by Gasteiger charge is -1.96. The van der Waals surface area contributed by atoms with Crippen LogP contribution < -0.4 is 0 Å². The zero-order chi connectivity index (χ0) is 8.81. The van der Waals surface area contributed by atoms with E-state index in [9.17, 15) is 4.79 Å². The quantitative estimate of drug-likeness (QED) is 0.667. The lowest BCUT2D eigenvalue weighted by atomic mass is 10.2. The van der Waals surface area contributed by atoms with Crippen LogP contribution in [0, 0.1) is 0 Å². The zero-order valence-electron chi connectivity index (χ0n) is 7.08. The van der Waals surface area contributed by atoms with Crippen molar-refractivity contribution in [2.24, 2.45) is 0 Å². The number of carbonyl (C=O) groups excluding carboxylic acids is 1. The largest absolute Gasteiger partial charge is 0.469 e. The van der Waals surface area contributed by atoms with Crippen LogP contribution in [0.3, 0.4) is 0 Å². The molecule has 1 rings (SSSR count). The van der Waals surface area contributed by atoms with Crippen LogP contribution in [0.5, 0.6) is 0 Å². The summed E-state index contributed by atoms with van der Waals surface area (Å²) in [7, 11) is 1.58. The molecule has 0 aliphatic rings. The van der Waals surface area contributed by atoms with Gasteiger partial charge in [-0.2, -0.15) is 0 Å². The minimum atomic E-state index is 0.145. The summed E-state index contributed by atoms with van der Waals surface area (Å²) in [6, 6.07) is 3.57. The van der Waals surface area contributed by atoms with Crippen molar-refractivity contribution in [1.82, 2.24) is 0 Å². The van der Waals surface area contributed by atoms with Crippen LogP contribution in [0.15, 0.2) is 22.8 Å². The molecule has 0 fully saturated rings. The number of hydrogen-bond acceptors (Lipinski definition) is 3. The number of Topliss-reactive ketones (excluding diaryl/α,β-unsaturated/α-hetero) is 1. The minimum Gasteiger partial charge on any atom is -0.469 e. The molecule has 3 heteroatoms. The van der Waals surface area contributed by atoms with Crippen molar-refractivity contribution < 1.29 is 13.9 Å². The third-order valence-corrected chi connectivity index (χ3v) is 1.54. The van der Waals surface area contributed by atoms with Crippen LogP contribution in [0.25, 0.3) is 0 Å². The van der Waals surface area contributed by atoms with E-state index in [1.165, 1.54) is 0 Å². The molecule has 0 saturated heterocycles. The Balaban J connectivity index is 2.27. The normalized spacial score (nSPS) is 10.1. The van der Waals surface area contributed by atoms with Crippen LogP contribution in [-0.2, 0) is 16.0 Å². The number of ketones is 1. The van der Waals surface area contributed by atoms with E-state index in [2.05, 4.69) is 0 Å². The van der Waals surface area contributed by atoms with Crippen LogP contribution in [0.2, 0.25) is 0 Å². The van der Waals surface area contributed by atoms with Crippen LogP contribution in [-0.4, -0.2) is 19.5 Å². The average molecular weight is 168 g/mol. The molecule has 0 aliphatic heterocycles. The van der Waals surface area contributed by atoms with Gasteiger partial charge >= 0.3 is 0 Å². The molecule has 0 unspecified atom stereocenters. The molecule has 66 valence electrons. The summed E-state index contributed by atoms with van der Waals surface area (Å²) in [5, 5.41) is 0. The number of methoxy groups -OCH3 is 1. The monoisotopic (exact) mass is 168 g/mol. The molecular formula is C9H12O3. The Morgan fingerprint density at radius 1 is 1.67 bits per heavy atom. The maximum atomic E-state index is 11.1. The van der Waals surface area contributed by atoms with Crippen molar-refractivity contribution >= 4 is 5.78 Å². The third-order valence-electron chi connectivity index (χ3n) is 1.54. The fourth-order valence-corrected chi connectivity index (χ4v) is 0.912. The Hall–Kier alpha value is -1.09. The van der Waals surface area contributed by atoms with Gasteiger partial charge in [0.25, 0.3) is 0 Å². The summed E-state index contributed by atoms with van der Waals surface area (Å²) >= 11 is 0. The van der Waals surface area contributed by atoms with E-state index in [0.717, 1.165) is 5.76 Å². The second kappa shape index (κ2) is 4.72. The number of carbonyl (C=O) groups is 1. The molecule has 1 aromatic heterocycles. The van der Waals surface area contributed by atoms with Crippen LogP contribution in [0.4, 0.5) is 0 Å². The molecule has 1 aromatic rings. The van der Waals surface area contributed by atoms with Gasteiger partial charge in [-0.25, -0.2) is 0 Å². The third kappa shape index (κ3) is 2.88. The fraction of sp³-hybridized carbons (Fsp3) is 0.444. The molecule has 0 aliphatic carbocycles. The molecule has 0 amide bonds. The van der Waals surface area contributed by atoms with Crippen molar-refractivity contribution in [3.8, 4) is 0 Å². The molecule has 0 saturated carbocycles. The lowest BCUT2D eigenvalue weighted by Crippen LogP contribution is -2.05. The predicted molar refractivity (Wildman–Crippen MR) is 43.9 cm³/mol. The fourth-order valence-electron chi connectivity index (χ4n) is 0.912. The molecular weight excluding hydrogens is 156 g/mol. The van der Waals surface area contributed by atoms with E-state index < -0.39 is 0 Å². The number of hydrogen-bond donors (Lipinski definition) is 0. The lowest BCUT2D eigenvalue weighted by molar-refractivity contribution is -0.119. The molecule has 0 spiro atoms. The highest BCUT2D eigenvalue weighted by Crippen LogP contribution is 2.02. The average Bonchev–Trinajstić information content (AvgIpc) is 2.53. The first-order valence-electron chi connectivity index (χ1n) is 3.86. The summed E-state index contributed by atoms with van der Waals surface area (Å²) in [4.78, 5) is 11.1. The Bertz CT molecular complexity index is 226. The molecule has 12 heavy (non-hydrogen) atoms. The van der Waals surface area contributed by atoms with Gasteiger partial charge in [0.2, 0.25) is 0 Å². The Morgan fingerprint density at radius 2 is 2.50 bits per heavy atom. The van der Waals surface area contributed by atoms with E-state index in [1.807, 2.05) is 0 Å². The van der Waals surface area contributed by atoms with Gasteiger partial charge in [-0.15, -0.1) is 0 Å². The minimum absolute atomic E-state index is 0.145. The smallest absolute Gasteiger partial charge is 0.142 e. The Kier molecular flexibility index (Phi) is 3.54. The molecule has 0 atom stereocenters. The van der Waals surface area contributed by atoms with Crippen LogP contribution >= 0.6 is 0 Å². The van der Waals surface area contributed by atoms with Gasteiger partial charge in [0.15, 0.2) is 0 Å². The maximum absolute atomic E-state index is 11.1. The Morgan fingerprint density at radius 3 is 3.08 bits per heavy atom. The molecule has 0 aromatic carbocycles. The van der Waals surface area contributed by atoms with E-state index >= 15 is 0 Å². The van der Waals surface area contributed by atoms with Gasteiger partial charge in [0.05, 0.1) is 19.3 Å². The maximum Gasteiger partial charge on any atom is 0.142 e. The molecule has 3 nitrogen and oxygen atoms in total. The van der Waals surface area contributed by atoms with Crippen molar-refractivity contribution in [3.05, 3.63) is 24.2 Å².